The molecule has 7 heteroatoms. The van der Waals surface area contributed by atoms with E-state index in [0.29, 0.717) is 23.6 Å². The second-order valence-electron chi connectivity index (χ2n) is 7.17. The Morgan fingerprint density at radius 1 is 1.27 bits per heavy atom. The third-order valence-corrected chi connectivity index (χ3v) is 5.24. The predicted molar refractivity (Wildman–Crippen MR) is 98.7 cm³/mol. The Bertz CT molecular complexity index is 670. The van der Waals surface area contributed by atoms with Gasteiger partial charge < -0.3 is 10.2 Å². The molecule has 1 saturated heterocycles. The van der Waals surface area contributed by atoms with Crippen molar-refractivity contribution in [1.29, 1.82) is 0 Å². The second kappa shape index (κ2) is 8.12. The zero-order valence-corrected chi connectivity index (χ0v) is 16.0. The normalized spacial score (nSPS) is 19.8. The number of carbonyl (C=O) groups excluding carboxylic acids is 2. The highest BCUT2D eigenvalue weighted by atomic mass is 16.2. The highest BCUT2D eigenvalue weighted by Gasteiger charge is 2.35. The summed E-state index contributed by atoms with van der Waals surface area (Å²) in [6, 6.07) is 0.139. The third-order valence-electron chi connectivity index (χ3n) is 5.24. The molecule has 142 valence electrons. The Hall–Kier alpha value is -2.02. The summed E-state index contributed by atoms with van der Waals surface area (Å²) in [6.07, 6.45) is 5.45. The standard InChI is InChI=1S/C19H29N5O2/c1-4-23(5-2)12-17(25)24-10-6-7-16(24)18-15(11-20-13(3)21-18)19(26)22-14-8-9-14/h11,14,16H,4-10,12H2,1-3H3,(H,22,26). The van der Waals surface area contributed by atoms with Gasteiger partial charge >= 0.3 is 0 Å². The Morgan fingerprint density at radius 2 is 2.00 bits per heavy atom. The van der Waals surface area contributed by atoms with Gasteiger partial charge in [0.2, 0.25) is 5.91 Å². The van der Waals surface area contributed by atoms with Gasteiger partial charge in [0.05, 0.1) is 23.8 Å². The summed E-state index contributed by atoms with van der Waals surface area (Å²) in [5, 5.41) is 3.02. The van der Waals surface area contributed by atoms with Gasteiger partial charge in [0.25, 0.3) is 5.91 Å². The monoisotopic (exact) mass is 359 g/mol. The van der Waals surface area contributed by atoms with Gasteiger partial charge in [-0.3, -0.25) is 14.5 Å². The summed E-state index contributed by atoms with van der Waals surface area (Å²) in [5.74, 6) is 0.623. The van der Waals surface area contributed by atoms with Crippen molar-refractivity contribution in [2.45, 2.75) is 58.5 Å². The molecule has 1 aliphatic heterocycles. The summed E-state index contributed by atoms with van der Waals surface area (Å²) < 4.78 is 0. The number of hydrogen-bond acceptors (Lipinski definition) is 5. The minimum atomic E-state index is -0.139. The molecule has 0 aromatic carbocycles. The van der Waals surface area contributed by atoms with Gasteiger partial charge in [-0.25, -0.2) is 9.97 Å². The van der Waals surface area contributed by atoms with E-state index in [1.54, 1.807) is 6.20 Å². The lowest BCUT2D eigenvalue weighted by Crippen LogP contribution is -2.40. The van der Waals surface area contributed by atoms with Crippen LogP contribution in [0.1, 0.15) is 67.4 Å². The first-order chi connectivity index (χ1) is 12.5. The molecule has 1 atom stereocenters. The Balaban J connectivity index is 1.82. The molecule has 0 spiro atoms. The van der Waals surface area contributed by atoms with E-state index in [1.165, 1.54) is 0 Å². The summed E-state index contributed by atoms with van der Waals surface area (Å²) in [4.78, 5) is 38.3. The number of amides is 2. The molecule has 2 aliphatic rings. The van der Waals surface area contributed by atoms with E-state index in [4.69, 9.17) is 0 Å². The van der Waals surface area contributed by atoms with E-state index in [1.807, 2.05) is 11.8 Å². The van der Waals surface area contributed by atoms with Crippen molar-refractivity contribution >= 4 is 11.8 Å². The lowest BCUT2D eigenvalue weighted by Gasteiger charge is -2.28. The van der Waals surface area contributed by atoms with Gasteiger partial charge in [0.1, 0.15) is 5.82 Å². The average Bonchev–Trinajstić information content (AvgIpc) is 3.30. The number of hydrogen-bond donors (Lipinski definition) is 1. The molecule has 0 bridgehead atoms. The Morgan fingerprint density at radius 3 is 2.65 bits per heavy atom. The van der Waals surface area contributed by atoms with Gasteiger partial charge in [-0.2, -0.15) is 0 Å². The molecular weight excluding hydrogens is 330 g/mol. The maximum atomic E-state index is 12.9. The zero-order valence-electron chi connectivity index (χ0n) is 16.0. The van der Waals surface area contributed by atoms with Crippen LogP contribution in [0.15, 0.2) is 6.20 Å². The average molecular weight is 359 g/mol. The number of nitrogens with zero attached hydrogens (tertiary/aromatic N) is 4. The summed E-state index contributed by atoms with van der Waals surface area (Å²) in [7, 11) is 0. The molecule has 26 heavy (non-hydrogen) atoms. The van der Waals surface area contributed by atoms with Gasteiger partial charge in [-0.05, 0) is 45.7 Å². The van der Waals surface area contributed by atoms with Crippen LogP contribution in [0.25, 0.3) is 0 Å². The van der Waals surface area contributed by atoms with Gasteiger partial charge in [0.15, 0.2) is 0 Å². The lowest BCUT2D eigenvalue weighted by molar-refractivity contribution is -0.133. The van der Waals surface area contributed by atoms with Crippen LogP contribution in [-0.4, -0.2) is 63.8 Å². The van der Waals surface area contributed by atoms with Crippen LogP contribution in [0.2, 0.25) is 0 Å². The topological polar surface area (TPSA) is 78.4 Å². The number of likely N-dealkylation sites (N-methyl/N-ethyl adjacent to an activating group) is 1. The molecule has 3 rings (SSSR count). The van der Waals surface area contributed by atoms with Crippen LogP contribution in [0.4, 0.5) is 0 Å². The second-order valence-corrected chi connectivity index (χ2v) is 7.17. The molecule has 1 aromatic heterocycles. The van der Waals surface area contributed by atoms with E-state index >= 15 is 0 Å². The number of likely N-dealkylation sites (tertiary alicyclic amines) is 1. The summed E-state index contributed by atoms with van der Waals surface area (Å²) in [5.41, 5.74) is 1.20. The quantitative estimate of drug-likeness (QED) is 0.801. The number of aryl methyl sites for hydroxylation is 1. The van der Waals surface area contributed by atoms with Gasteiger partial charge in [-0.1, -0.05) is 13.8 Å². The maximum Gasteiger partial charge on any atom is 0.255 e. The van der Waals surface area contributed by atoms with Crippen LogP contribution in [0, 0.1) is 6.92 Å². The van der Waals surface area contributed by atoms with Crippen molar-refractivity contribution in [3.05, 3.63) is 23.3 Å². The molecule has 7 nitrogen and oxygen atoms in total. The molecular formula is C19H29N5O2. The molecule has 1 saturated carbocycles. The van der Waals surface area contributed by atoms with Crippen molar-refractivity contribution in [1.82, 2.24) is 25.1 Å². The maximum absolute atomic E-state index is 12.9. The summed E-state index contributed by atoms with van der Waals surface area (Å²) >= 11 is 0. The largest absolute Gasteiger partial charge is 0.349 e. The van der Waals surface area contributed by atoms with Crippen LogP contribution in [0.5, 0.6) is 0 Å². The third kappa shape index (κ3) is 4.20. The van der Waals surface area contributed by atoms with Crippen LogP contribution in [-0.2, 0) is 4.79 Å². The van der Waals surface area contributed by atoms with Crippen molar-refractivity contribution in [2.24, 2.45) is 0 Å². The fraction of sp³-hybridized carbons (Fsp3) is 0.684. The number of rotatable bonds is 7. The SMILES string of the molecule is CCN(CC)CC(=O)N1CCCC1c1nc(C)ncc1C(=O)NC1CC1. The number of carbonyl (C=O) groups is 2. The van der Waals surface area contributed by atoms with Crippen molar-refractivity contribution in [2.75, 3.05) is 26.2 Å². The lowest BCUT2D eigenvalue weighted by atomic mass is 10.0. The van der Waals surface area contributed by atoms with Gasteiger partial charge in [0, 0.05) is 18.8 Å². The summed E-state index contributed by atoms with van der Waals surface area (Å²) in [6.45, 7) is 8.78. The van der Waals surface area contributed by atoms with Gasteiger partial charge in [-0.15, -0.1) is 0 Å². The molecule has 1 N–H and O–H groups in total. The first kappa shape index (κ1) is 18.8. The van der Waals surface area contributed by atoms with Crippen molar-refractivity contribution < 1.29 is 9.59 Å². The molecule has 2 amide bonds. The molecule has 1 unspecified atom stereocenters. The van der Waals surface area contributed by atoms with E-state index in [0.717, 1.165) is 45.3 Å². The molecule has 2 heterocycles. The van der Waals surface area contributed by atoms with Crippen LogP contribution >= 0.6 is 0 Å². The van der Waals surface area contributed by atoms with E-state index < -0.39 is 0 Å². The minimum Gasteiger partial charge on any atom is -0.349 e. The number of nitrogens with one attached hydrogen (secondary N) is 1. The Labute approximate surface area is 155 Å². The van der Waals surface area contributed by atoms with Crippen molar-refractivity contribution in [3.63, 3.8) is 0 Å². The van der Waals surface area contributed by atoms with E-state index in [9.17, 15) is 9.59 Å². The first-order valence-corrected chi connectivity index (χ1v) is 9.69. The zero-order chi connectivity index (χ0) is 18.7. The van der Waals surface area contributed by atoms with Crippen LogP contribution < -0.4 is 5.32 Å². The predicted octanol–water partition coefficient (Wildman–Crippen LogP) is 1.68. The molecule has 1 aromatic rings. The minimum absolute atomic E-state index is 0.112. The molecule has 0 radical (unpaired) electrons. The Kier molecular flexibility index (Phi) is 5.86. The molecule has 2 fully saturated rings. The highest BCUT2D eigenvalue weighted by Crippen LogP contribution is 2.33. The van der Waals surface area contributed by atoms with E-state index in [2.05, 4.69) is 34.0 Å². The first-order valence-electron chi connectivity index (χ1n) is 9.69. The number of aromatic nitrogens is 2. The van der Waals surface area contributed by atoms with Crippen LogP contribution in [0.3, 0.4) is 0 Å². The highest BCUT2D eigenvalue weighted by molar-refractivity contribution is 5.95. The fourth-order valence-electron chi connectivity index (χ4n) is 3.49. The molecule has 1 aliphatic carbocycles. The van der Waals surface area contributed by atoms with Crippen molar-refractivity contribution in [3.8, 4) is 0 Å². The van der Waals surface area contributed by atoms with E-state index in [-0.39, 0.29) is 23.9 Å². The fourth-order valence-corrected chi connectivity index (χ4v) is 3.49. The smallest absolute Gasteiger partial charge is 0.255 e.